The average Bonchev–Trinajstić information content (AvgIpc) is 3.49. The van der Waals surface area contributed by atoms with Crippen LogP contribution in [-0.2, 0) is 4.79 Å². The van der Waals surface area contributed by atoms with Gasteiger partial charge >= 0.3 is 0 Å². The number of likely N-dealkylation sites (tertiary alicyclic amines) is 1. The van der Waals surface area contributed by atoms with Gasteiger partial charge in [0.15, 0.2) is 11.4 Å². The minimum absolute atomic E-state index is 0.0583. The Bertz CT molecular complexity index is 1160. The van der Waals surface area contributed by atoms with Crippen LogP contribution >= 0.6 is 11.3 Å². The number of hydrogen-bond acceptors (Lipinski definition) is 8. The summed E-state index contributed by atoms with van der Waals surface area (Å²) in [6.07, 6.45) is 4.35. The third-order valence-corrected chi connectivity index (χ3v) is 7.36. The summed E-state index contributed by atoms with van der Waals surface area (Å²) in [5, 5.41) is 16.8. The number of thiazole rings is 1. The second-order valence-corrected chi connectivity index (χ2v) is 9.75. The number of nitriles is 1. The molecule has 170 valence electrons. The van der Waals surface area contributed by atoms with E-state index in [0.29, 0.717) is 29.1 Å². The molecule has 9 heteroatoms. The van der Waals surface area contributed by atoms with E-state index in [9.17, 15) is 10.1 Å². The molecule has 1 unspecified atom stereocenters. The number of nitrogens with one attached hydrogen (secondary N) is 2. The monoisotopic (exact) mass is 461 g/mol. The summed E-state index contributed by atoms with van der Waals surface area (Å²) in [4.78, 5) is 26.3. The number of rotatable bonds is 3. The number of aryl methyl sites for hydroxylation is 1. The van der Waals surface area contributed by atoms with Crippen LogP contribution in [0.15, 0.2) is 46.7 Å². The van der Waals surface area contributed by atoms with Gasteiger partial charge in [-0.2, -0.15) is 5.26 Å². The molecular weight excluding hydrogens is 434 g/mol. The van der Waals surface area contributed by atoms with Gasteiger partial charge in [-0.05, 0) is 25.3 Å². The Labute approximate surface area is 197 Å². The van der Waals surface area contributed by atoms with E-state index in [0.717, 1.165) is 42.9 Å². The Morgan fingerprint density at radius 3 is 2.85 bits per heavy atom. The van der Waals surface area contributed by atoms with Crippen molar-refractivity contribution in [1.82, 2.24) is 20.1 Å². The molecule has 33 heavy (non-hydrogen) atoms. The zero-order valence-electron chi connectivity index (χ0n) is 18.8. The summed E-state index contributed by atoms with van der Waals surface area (Å²) in [6, 6.07) is 11.2. The smallest absolute Gasteiger partial charge is 0.219 e. The maximum absolute atomic E-state index is 12.0. The Balaban J connectivity index is 1.46. The molecule has 1 aromatic heterocycles. The third kappa shape index (κ3) is 4.36. The summed E-state index contributed by atoms with van der Waals surface area (Å²) in [6.45, 7) is 5.88. The van der Waals surface area contributed by atoms with Crippen LogP contribution in [0, 0.1) is 18.3 Å². The lowest BCUT2D eigenvalue weighted by molar-refractivity contribution is -0.128. The second kappa shape index (κ2) is 8.96. The molecular formula is C24H27N7OS. The number of carbonyl (C=O) groups is 1. The molecule has 0 radical (unpaired) electrons. The highest BCUT2D eigenvalue weighted by atomic mass is 32.1. The fourth-order valence-corrected chi connectivity index (χ4v) is 5.39. The minimum atomic E-state index is -0.195. The van der Waals surface area contributed by atoms with Gasteiger partial charge in [-0.25, -0.2) is 9.98 Å². The zero-order chi connectivity index (χ0) is 22.9. The molecule has 3 aliphatic heterocycles. The first-order chi connectivity index (χ1) is 16.0. The number of nitrogens with zero attached hydrogens (tertiary/aromatic N) is 5. The molecule has 2 aromatic rings. The lowest BCUT2D eigenvalue weighted by Gasteiger charge is -2.39. The first-order valence-corrected chi connectivity index (χ1v) is 12.1. The SMILES string of the molecule is CC(=O)N1CCC2=C(C1)C(Nc1ncc(C#N)s1)=NC(N1CCC[C@H]1c1ccc(C)cc1)N2. The van der Waals surface area contributed by atoms with Crippen LogP contribution in [-0.4, -0.2) is 52.5 Å². The van der Waals surface area contributed by atoms with Crippen molar-refractivity contribution in [3.63, 3.8) is 0 Å². The molecule has 1 fully saturated rings. The molecule has 0 aliphatic carbocycles. The lowest BCUT2D eigenvalue weighted by Crippen LogP contribution is -2.51. The Morgan fingerprint density at radius 1 is 1.30 bits per heavy atom. The Hall–Kier alpha value is -3.22. The highest BCUT2D eigenvalue weighted by molar-refractivity contribution is 7.16. The predicted octanol–water partition coefficient (Wildman–Crippen LogP) is 3.36. The quantitative estimate of drug-likeness (QED) is 0.728. The van der Waals surface area contributed by atoms with Gasteiger partial charge in [-0.3, -0.25) is 9.69 Å². The number of amides is 1. The van der Waals surface area contributed by atoms with E-state index in [4.69, 9.17) is 4.99 Å². The first-order valence-electron chi connectivity index (χ1n) is 11.3. The van der Waals surface area contributed by atoms with Crippen molar-refractivity contribution in [1.29, 1.82) is 5.26 Å². The van der Waals surface area contributed by atoms with Gasteiger partial charge in [-0.15, -0.1) is 0 Å². The summed E-state index contributed by atoms with van der Waals surface area (Å²) in [5.41, 5.74) is 4.69. The maximum Gasteiger partial charge on any atom is 0.219 e. The van der Waals surface area contributed by atoms with Gasteiger partial charge in [0.05, 0.1) is 12.7 Å². The van der Waals surface area contributed by atoms with Crippen molar-refractivity contribution in [2.75, 3.05) is 25.0 Å². The van der Waals surface area contributed by atoms with Crippen LogP contribution < -0.4 is 10.6 Å². The fourth-order valence-electron chi connectivity index (χ4n) is 4.78. The topological polar surface area (TPSA) is 96.7 Å². The predicted molar refractivity (Wildman–Crippen MR) is 129 cm³/mol. The van der Waals surface area contributed by atoms with E-state index in [2.05, 4.69) is 57.8 Å². The van der Waals surface area contributed by atoms with Gasteiger partial charge in [0, 0.05) is 43.7 Å². The number of aliphatic imine (C=N–C) groups is 1. The van der Waals surface area contributed by atoms with Crippen LogP contribution in [0.5, 0.6) is 0 Å². The molecule has 1 saturated heterocycles. The van der Waals surface area contributed by atoms with Crippen LogP contribution in [0.4, 0.5) is 5.13 Å². The standard InChI is InChI=1S/C24H27N7OS/c1-15-5-7-17(8-6-15)21-4-3-10-31(21)23-27-20-9-11-30(16(2)32)14-19(20)22(28-23)29-24-26-13-18(12-25)33-24/h5-8,13,21,23,27H,3-4,9-11,14H2,1-2H3,(H,26,28,29)/t21-,23?/m0/s1. The molecule has 0 bridgehead atoms. The van der Waals surface area contributed by atoms with E-state index < -0.39 is 0 Å². The molecule has 1 amide bonds. The van der Waals surface area contributed by atoms with E-state index in [1.165, 1.54) is 22.5 Å². The maximum atomic E-state index is 12.0. The fraction of sp³-hybridized carbons (Fsp3) is 0.417. The summed E-state index contributed by atoms with van der Waals surface area (Å²) >= 11 is 1.30. The molecule has 1 aromatic carbocycles. The largest absolute Gasteiger partial charge is 0.354 e. The van der Waals surface area contributed by atoms with E-state index >= 15 is 0 Å². The normalized spacial score (nSPS) is 22.9. The van der Waals surface area contributed by atoms with Gasteiger partial charge < -0.3 is 15.5 Å². The number of amidine groups is 1. The molecule has 5 rings (SSSR count). The van der Waals surface area contributed by atoms with Gasteiger partial charge in [0.2, 0.25) is 5.91 Å². The summed E-state index contributed by atoms with van der Waals surface area (Å²) < 4.78 is 0. The van der Waals surface area contributed by atoms with Crippen molar-refractivity contribution in [2.45, 2.75) is 45.4 Å². The Kier molecular flexibility index (Phi) is 5.87. The van der Waals surface area contributed by atoms with Gasteiger partial charge in [0.25, 0.3) is 0 Å². The van der Waals surface area contributed by atoms with Gasteiger partial charge in [-0.1, -0.05) is 41.2 Å². The first kappa shape index (κ1) is 21.6. The molecule has 2 N–H and O–H groups in total. The van der Waals surface area contributed by atoms with Crippen molar-refractivity contribution in [2.24, 2.45) is 4.99 Å². The number of anilines is 1. The Morgan fingerprint density at radius 2 is 2.12 bits per heavy atom. The zero-order valence-corrected chi connectivity index (χ0v) is 19.7. The number of carbonyl (C=O) groups excluding carboxylic acids is 1. The highest BCUT2D eigenvalue weighted by Crippen LogP contribution is 2.35. The molecule has 3 aliphatic rings. The highest BCUT2D eigenvalue weighted by Gasteiger charge is 2.36. The lowest BCUT2D eigenvalue weighted by atomic mass is 10.0. The van der Waals surface area contributed by atoms with Crippen LogP contribution in [0.3, 0.4) is 0 Å². The van der Waals surface area contributed by atoms with Crippen LogP contribution in [0.2, 0.25) is 0 Å². The summed E-state index contributed by atoms with van der Waals surface area (Å²) in [7, 11) is 0. The molecule has 2 atom stereocenters. The molecule has 8 nitrogen and oxygen atoms in total. The minimum Gasteiger partial charge on any atom is -0.354 e. The third-order valence-electron chi connectivity index (χ3n) is 6.54. The van der Waals surface area contributed by atoms with E-state index in [-0.39, 0.29) is 12.2 Å². The van der Waals surface area contributed by atoms with Crippen molar-refractivity contribution >= 4 is 28.2 Å². The molecule has 4 heterocycles. The van der Waals surface area contributed by atoms with E-state index in [1.807, 2.05) is 4.90 Å². The molecule has 0 saturated carbocycles. The van der Waals surface area contributed by atoms with Crippen LogP contribution in [0.25, 0.3) is 0 Å². The number of hydrogen-bond donors (Lipinski definition) is 2. The van der Waals surface area contributed by atoms with Crippen molar-refractivity contribution < 1.29 is 4.79 Å². The van der Waals surface area contributed by atoms with Crippen LogP contribution in [0.1, 0.15) is 48.2 Å². The van der Waals surface area contributed by atoms with Crippen molar-refractivity contribution in [3.8, 4) is 6.07 Å². The van der Waals surface area contributed by atoms with Gasteiger partial charge in [0.1, 0.15) is 16.8 Å². The average molecular weight is 462 g/mol. The second-order valence-electron chi connectivity index (χ2n) is 8.72. The van der Waals surface area contributed by atoms with E-state index in [1.54, 1.807) is 13.1 Å². The summed E-state index contributed by atoms with van der Waals surface area (Å²) in [5.74, 6) is 0.788. The number of benzene rings is 1. The molecule has 0 spiro atoms. The van der Waals surface area contributed by atoms with Crippen molar-refractivity contribution in [3.05, 3.63) is 57.7 Å². The number of aromatic nitrogens is 1.